The molecule has 0 spiro atoms. The smallest absolute Gasteiger partial charge is 0.306 e. The van der Waals surface area contributed by atoms with E-state index in [4.69, 9.17) is 13.8 Å². The Morgan fingerprint density at radius 1 is 0.439 bits per heavy atom. The molecule has 0 saturated heterocycles. The maximum absolute atomic E-state index is 13.6. The minimum atomic E-state index is -4.72. The van der Waals surface area contributed by atoms with Crippen LogP contribution in [-0.4, -0.2) is 69.4 Å². The van der Waals surface area contributed by atoms with E-state index >= 15 is 0 Å². The van der Waals surface area contributed by atoms with Gasteiger partial charge in [-0.15, -0.1) is 0 Å². The molecular formula is C72H125N2O7P. The number of amides is 1. The zero-order valence-electron chi connectivity index (χ0n) is 53.7. The summed E-state index contributed by atoms with van der Waals surface area (Å²) in [6, 6.07) is -0.913. The number of allylic oxidation sites excluding steroid dienone is 19. The number of phosphoric ester groups is 1. The lowest BCUT2D eigenvalue weighted by atomic mass is 10.0. The first kappa shape index (κ1) is 78.4. The van der Waals surface area contributed by atoms with Gasteiger partial charge in [-0.05, 0) is 122 Å². The fraction of sp³-hybridized carbons (Fsp3) is 0.694. The van der Waals surface area contributed by atoms with Crippen LogP contribution in [0.3, 0.4) is 0 Å². The first-order chi connectivity index (χ1) is 39.9. The third-order valence-corrected chi connectivity index (χ3v) is 15.1. The van der Waals surface area contributed by atoms with Crippen molar-refractivity contribution in [2.24, 2.45) is 0 Å². The van der Waals surface area contributed by atoms with Crippen LogP contribution in [0.15, 0.2) is 122 Å². The van der Waals surface area contributed by atoms with Gasteiger partial charge in [-0.3, -0.25) is 14.2 Å². The summed E-state index contributed by atoms with van der Waals surface area (Å²) in [5.41, 5.74) is 0. The van der Waals surface area contributed by atoms with E-state index in [1.165, 1.54) is 96.3 Å². The molecule has 1 amide bonds. The molecule has 0 aliphatic carbocycles. The van der Waals surface area contributed by atoms with Gasteiger partial charge < -0.3 is 28.5 Å². The number of rotatable bonds is 59. The number of hydrogen-bond donors (Lipinski definition) is 1. The summed E-state index contributed by atoms with van der Waals surface area (Å²) in [6.07, 6.45) is 84.5. The first-order valence-corrected chi connectivity index (χ1v) is 34.8. The highest BCUT2D eigenvalue weighted by molar-refractivity contribution is 7.45. The average molecular weight is 1160 g/mol. The molecule has 9 nitrogen and oxygen atoms in total. The Balaban J connectivity index is 5.24. The number of unbranched alkanes of at least 4 members (excludes halogenated alkanes) is 25. The molecule has 470 valence electrons. The number of carbonyl (C=O) groups is 2. The monoisotopic (exact) mass is 1160 g/mol. The summed E-state index contributed by atoms with van der Waals surface area (Å²) in [6.45, 7) is 6.67. The van der Waals surface area contributed by atoms with Crippen LogP contribution in [0.2, 0.25) is 0 Å². The highest BCUT2D eigenvalue weighted by atomic mass is 31.2. The highest BCUT2D eigenvalue weighted by Crippen LogP contribution is 2.38. The van der Waals surface area contributed by atoms with Gasteiger partial charge in [0.15, 0.2) is 0 Å². The highest BCUT2D eigenvalue weighted by Gasteiger charge is 2.27. The van der Waals surface area contributed by atoms with Crippen molar-refractivity contribution in [3.05, 3.63) is 122 Å². The van der Waals surface area contributed by atoms with Crippen LogP contribution in [0.5, 0.6) is 0 Å². The topological polar surface area (TPSA) is 114 Å². The largest absolute Gasteiger partial charge is 0.756 e. The molecule has 3 unspecified atom stereocenters. The summed E-state index contributed by atoms with van der Waals surface area (Å²) in [5.74, 6) is -0.580. The van der Waals surface area contributed by atoms with Gasteiger partial charge in [-0.25, -0.2) is 0 Å². The van der Waals surface area contributed by atoms with Gasteiger partial charge in [0.05, 0.1) is 33.8 Å². The Bertz CT molecular complexity index is 1820. The van der Waals surface area contributed by atoms with Gasteiger partial charge in [0.2, 0.25) is 5.91 Å². The van der Waals surface area contributed by atoms with Crippen LogP contribution in [0.4, 0.5) is 0 Å². The number of nitrogens with zero attached hydrogens (tertiary/aromatic N) is 1. The fourth-order valence-corrected chi connectivity index (χ4v) is 9.73. The molecule has 0 aromatic rings. The zero-order chi connectivity index (χ0) is 60.0. The lowest BCUT2D eigenvalue weighted by Gasteiger charge is -2.30. The second-order valence-corrected chi connectivity index (χ2v) is 24.6. The molecule has 1 N–H and O–H groups in total. The van der Waals surface area contributed by atoms with Gasteiger partial charge in [-0.2, -0.15) is 0 Å². The maximum atomic E-state index is 13.6. The number of carbonyl (C=O) groups excluding carboxylic acids is 2. The summed E-state index contributed by atoms with van der Waals surface area (Å²) in [7, 11) is 1.15. The minimum absolute atomic E-state index is 0.0348. The van der Waals surface area contributed by atoms with Crippen molar-refractivity contribution >= 4 is 19.7 Å². The minimum Gasteiger partial charge on any atom is -0.756 e. The molecule has 3 atom stereocenters. The lowest BCUT2D eigenvalue weighted by molar-refractivity contribution is -0.870. The van der Waals surface area contributed by atoms with Crippen LogP contribution in [-0.2, 0) is 27.9 Å². The van der Waals surface area contributed by atoms with E-state index in [1.54, 1.807) is 0 Å². The Morgan fingerprint density at radius 3 is 1.20 bits per heavy atom. The molecule has 0 radical (unpaired) electrons. The molecule has 0 aliphatic heterocycles. The van der Waals surface area contributed by atoms with Crippen molar-refractivity contribution in [3.63, 3.8) is 0 Å². The van der Waals surface area contributed by atoms with Crippen LogP contribution < -0.4 is 10.2 Å². The van der Waals surface area contributed by atoms with Crippen LogP contribution >= 0.6 is 7.82 Å². The summed E-state index contributed by atoms with van der Waals surface area (Å²) in [5, 5.41) is 3.02. The van der Waals surface area contributed by atoms with E-state index < -0.39 is 26.6 Å². The predicted octanol–water partition coefficient (Wildman–Crippen LogP) is 20.4. The zero-order valence-corrected chi connectivity index (χ0v) is 54.5. The molecule has 0 saturated carbocycles. The second-order valence-electron chi connectivity index (χ2n) is 23.2. The predicted molar refractivity (Wildman–Crippen MR) is 353 cm³/mol. The van der Waals surface area contributed by atoms with E-state index in [1.807, 2.05) is 33.3 Å². The normalized spacial score (nSPS) is 14.4. The number of likely N-dealkylation sites (N-methyl/N-ethyl adjacent to an activating group) is 1. The Labute approximate surface area is 505 Å². The van der Waals surface area contributed by atoms with E-state index in [-0.39, 0.29) is 31.3 Å². The number of quaternary nitrogens is 1. The molecule has 10 heteroatoms. The van der Waals surface area contributed by atoms with Crippen molar-refractivity contribution < 1.29 is 37.3 Å². The molecule has 0 aliphatic rings. The summed E-state index contributed by atoms with van der Waals surface area (Å²) in [4.78, 5) is 40.1. The Kier molecular flexibility index (Phi) is 57.9. The SMILES string of the molecule is CC/C=C\C/C=C\C/C=C\C/C=C\C/C=C\CCCCCCCC(=O)NC(COP(=O)([O-])OCC[N+](C)(C)C)C(/C=C/CCCCCCCCCCCC)OC(=O)CCCCCCCCC/C=C\C/C=C\C/C=C\C/C=C\CCCCC. The van der Waals surface area contributed by atoms with Crippen molar-refractivity contribution in [3.8, 4) is 0 Å². The Morgan fingerprint density at radius 2 is 0.780 bits per heavy atom. The standard InChI is InChI=1S/C72H125N2O7P/c1-7-10-13-16-19-22-25-28-30-32-34-36-37-39-41-43-45-47-50-53-56-59-62-65-72(76)81-70(63-60-57-54-51-48-27-24-21-18-15-12-9-3)69(68-80-82(77,78)79-67-66-74(4,5)6)73-71(75)64-61-58-55-52-49-46-44-42-40-38-35-33-31-29-26-23-20-17-14-11-8-2/h11,14,19-20,22-23,28-31,34-36,38-39,41-42,44,60,63,69-70H,7-10,12-13,15-18,21,24-27,32-33,37,40,43,45-59,61-62,64-68H2,1-6H3,(H-,73,75,77,78)/b14-11-,22-19-,23-20-,30-28-,31-29-,36-34-,38-35-,41-39-,44-42-,63-60+. The van der Waals surface area contributed by atoms with Gasteiger partial charge >= 0.3 is 5.97 Å². The van der Waals surface area contributed by atoms with E-state index in [0.29, 0.717) is 23.9 Å². The van der Waals surface area contributed by atoms with E-state index in [0.717, 1.165) is 128 Å². The number of nitrogens with one attached hydrogen (secondary N) is 1. The molecule has 0 aromatic heterocycles. The van der Waals surface area contributed by atoms with Gasteiger partial charge in [0.25, 0.3) is 7.82 Å². The number of hydrogen-bond acceptors (Lipinski definition) is 7. The number of ether oxygens (including phenoxy) is 1. The van der Waals surface area contributed by atoms with Gasteiger partial charge in [-0.1, -0.05) is 258 Å². The van der Waals surface area contributed by atoms with Crippen molar-refractivity contribution in [1.29, 1.82) is 0 Å². The van der Waals surface area contributed by atoms with Gasteiger partial charge in [0, 0.05) is 12.8 Å². The second kappa shape index (κ2) is 60.5. The first-order valence-electron chi connectivity index (χ1n) is 33.3. The molecule has 0 heterocycles. The maximum Gasteiger partial charge on any atom is 0.306 e. The summed E-state index contributed by atoms with van der Waals surface area (Å²) >= 11 is 0. The number of esters is 1. The number of phosphoric acid groups is 1. The quantitative estimate of drug-likeness (QED) is 0.0212. The van der Waals surface area contributed by atoms with Crippen molar-refractivity contribution in [2.45, 2.75) is 283 Å². The van der Waals surface area contributed by atoms with E-state index in [9.17, 15) is 19.0 Å². The molecular weight excluding hydrogens is 1040 g/mol. The Hall–Kier alpha value is -3.59. The van der Waals surface area contributed by atoms with Crippen LogP contribution in [0.25, 0.3) is 0 Å². The molecule has 82 heavy (non-hydrogen) atoms. The third kappa shape index (κ3) is 61.0. The van der Waals surface area contributed by atoms with Crippen LogP contribution in [0, 0.1) is 0 Å². The van der Waals surface area contributed by atoms with Crippen molar-refractivity contribution in [1.82, 2.24) is 5.32 Å². The fourth-order valence-electron chi connectivity index (χ4n) is 9.00. The molecule has 0 bridgehead atoms. The molecule has 0 aromatic carbocycles. The lowest BCUT2D eigenvalue weighted by Crippen LogP contribution is -2.47. The van der Waals surface area contributed by atoms with Crippen LogP contribution in [0.1, 0.15) is 271 Å². The van der Waals surface area contributed by atoms with Crippen molar-refractivity contribution in [2.75, 3.05) is 40.9 Å². The van der Waals surface area contributed by atoms with Gasteiger partial charge in [0.1, 0.15) is 19.3 Å². The summed E-state index contributed by atoms with van der Waals surface area (Å²) < 4.78 is 30.4. The third-order valence-electron chi connectivity index (χ3n) is 14.1. The molecule has 0 rings (SSSR count). The average Bonchev–Trinajstić information content (AvgIpc) is 3.44. The van der Waals surface area contributed by atoms with E-state index in [2.05, 4.69) is 135 Å². The molecule has 0 fully saturated rings.